The van der Waals surface area contributed by atoms with Crippen LogP contribution in [0.1, 0.15) is 32.8 Å². The van der Waals surface area contributed by atoms with Gasteiger partial charge in [0.2, 0.25) is 5.91 Å². The molecule has 0 saturated carbocycles. The molecule has 174 valence electrons. The Morgan fingerprint density at radius 1 is 1.00 bits per heavy atom. The van der Waals surface area contributed by atoms with Gasteiger partial charge in [-0.15, -0.1) is 0 Å². The summed E-state index contributed by atoms with van der Waals surface area (Å²) in [5.74, 6) is 1.05. The molecule has 7 nitrogen and oxygen atoms in total. The largest absolute Gasteiger partial charge is 0.496 e. The first-order valence-corrected chi connectivity index (χ1v) is 11.3. The van der Waals surface area contributed by atoms with Gasteiger partial charge < -0.3 is 24.4 Å². The van der Waals surface area contributed by atoms with Crippen LogP contribution in [0.25, 0.3) is 0 Å². The fraction of sp³-hybridized carbons (Fsp3) is 0.417. The summed E-state index contributed by atoms with van der Waals surface area (Å²) in [5.41, 5.74) is 0.910. The van der Waals surface area contributed by atoms with Gasteiger partial charge in [0.1, 0.15) is 23.3 Å². The Morgan fingerprint density at radius 3 is 2.09 bits per heavy atom. The smallest absolute Gasteiger partial charge is 0.261 e. The van der Waals surface area contributed by atoms with Crippen LogP contribution in [0.4, 0.5) is 0 Å². The molecule has 32 heavy (non-hydrogen) atoms. The van der Waals surface area contributed by atoms with Crippen LogP contribution in [-0.4, -0.2) is 49.6 Å². The van der Waals surface area contributed by atoms with Gasteiger partial charge in [-0.3, -0.25) is 9.59 Å². The summed E-state index contributed by atoms with van der Waals surface area (Å²) < 4.78 is 17.2. The average molecular weight is 507 g/mol. The molecule has 0 aromatic heterocycles. The molecule has 2 unspecified atom stereocenters. The zero-order valence-electron chi connectivity index (χ0n) is 19.2. The van der Waals surface area contributed by atoms with Crippen LogP contribution in [0.5, 0.6) is 17.2 Å². The van der Waals surface area contributed by atoms with Gasteiger partial charge in [0.15, 0.2) is 6.61 Å². The van der Waals surface area contributed by atoms with Crippen LogP contribution < -0.4 is 19.5 Å². The van der Waals surface area contributed by atoms with E-state index in [9.17, 15) is 9.59 Å². The van der Waals surface area contributed by atoms with E-state index in [1.54, 1.807) is 39.3 Å². The molecule has 2 aromatic rings. The van der Waals surface area contributed by atoms with Crippen LogP contribution in [0.15, 0.2) is 46.9 Å². The molecular formula is C24H31BrN2O5. The predicted octanol–water partition coefficient (Wildman–Crippen LogP) is 4.18. The highest BCUT2D eigenvalue weighted by Gasteiger charge is 2.27. The Hall–Kier alpha value is -2.74. The molecule has 0 fully saturated rings. The third-order valence-electron chi connectivity index (χ3n) is 5.12. The number of rotatable bonds is 11. The van der Waals surface area contributed by atoms with Crippen molar-refractivity contribution in [1.29, 1.82) is 0 Å². The van der Waals surface area contributed by atoms with Crippen molar-refractivity contribution in [3.05, 3.63) is 52.5 Å². The van der Waals surface area contributed by atoms with Crippen molar-refractivity contribution in [3.63, 3.8) is 0 Å². The lowest BCUT2D eigenvalue weighted by molar-refractivity contribution is -0.142. The summed E-state index contributed by atoms with van der Waals surface area (Å²) >= 11 is 3.42. The number of amides is 2. The van der Waals surface area contributed by atoms with Crippen LogP contribution in [-0.2, 0) is 16.1 Å². The van der Waals surface area contributed by atoms with Crippen LogP contribution in [0, 0.1) is 0 Å². The molecular weight excluding hydrogens is 476 g/mol. The number of halogens is 1. The SMILES string of the molecule is CCC(C)NC(=O)C(C)N(Cc1ccc(Br)cc1)C(=O)COc1cc(OC)cc(OC)c1. The van der Waals surface area contributed by atoms with Gasteiger partial charge in [-0.05, 0) is 38.0 Å². The first-order valence-electron chi connectivity index (χ1n) is 10.5. The van der Waals surface area contributed by atoms with Gasteiger partial charge in [0.25, 0.3) is 5.91 Å². The summed E-state index contributed by atoms with van der Waals surface area (Å²) in [7, 11) is 3.09. The van der Waals surface area contributed by atoms with Crippen molar-refractivity contribution in [2.75, 3.05) is 20.8 Å². The molecule has 0 heterocycles. The Bertz CT molecular complexity index is 882. The lowest BCUT2D eigenvalue weighted by Gasteiger charge is -2.29. The Morgan fingerprint density at radius 2 is 1.56 bits per heavy atom. The summed E-state index contributed by atoms with van der Waals surface area (Å²) in [6.45, 7) is 5.71. The number of hydrogen-bond donors (Lipinski definition) is 1. The average Bonchev–Trinajstić information content (AvgIpc) is 2.81. The maximum Gasteiger partial charge on any atom is 0.261 e. The number of carbonyl (C=O) groups is 2. The molecule has 0 spiro atoms. The van der Waals surface area contributed by atoms with E-state index in [4.69, 9.17) is 14.2 Å². The van der Waals surface area contributed by atoms with Crippen LogP contribution >= 0.6 is 15.9 Å². The minimum atomic E-state index is -0.663. The fourth-order valence-electron chi connectivity index (χ4n) is 2.93. The highest BCUT2D eigenvalue weighted by atomic mass is 79.9. The third kappa shape index (κ3) is 7.44. The number of benzene rings is 2. The highest BCUT2D eigenvalue weighted by molar-refractivity contribution is 9.10. The predicted molar refractivity (Wildman–Crippen MR) is 127 cm³/mol. The quantitative estimate of drug-likeness (QED) is 0.494. The summed E-state index contributed by atoms with van der Waals surface area (Å²) in [4.78, 5) is 27.4. The van der Waals surface area contributed by atoms with Gasteiger partial charge in [-0.25, -0.2) is 0 Å². The molecule has 0 aliphatic carbocycles. The van der Waals surface area contributed by atoms with Crippen LogP contribution in [0.3, 0.4) is 0 Å². The normalized spacial score (nSPS) is 12.4. The summed E-state index contributed by atoms with van der Waals surface area (Å²) in [6.07, 6.45) is 0.805. The monoisotopic (exact) mass is 506 g/mol. The van der Waals surface area contributed by atoms with E-state index in [-0.39, 0.29) is 31.0 Å². The first-order chi connectivity index (χ1) is 15.3. The van der Waals surface area contributed by atoms with Crippen LogP contribution in [0.2, 0.25) is 0 Å². The van der Waals surface area contributed by atoms with E-state index in [2.05, 4.69) is 21.2 Å². The Labute approximate surface area is 198 Å². The minimum Gasteiger partial charge on any atom is -0.496 e. The molecule has 2 rings (SSSR count). The second-order valence-corrected chi connectivity index (χ2v) is 8.39. The zero-order valence-corrected chi connectivity index (χ0v) is 20.8. The minimum absolute atomic E-state index is 0.0232. The van der Waals surface area contributed by atoms with E-state index in [1.165, 1.54) is 4.90 Å². The van der Waals surface area contributed by atoms with Gasteiger partial charge in [0, 0.05) is 35.3 Å². The fourth-order valence-corrected chi connectivity index (χ4v) is 3.19. The zero-order chi connectivity index (χ0) is 23.7. The number of nitrogens with one attached hydrogen (secondary N) is 1. The molecule has 8 heteroatoms. The van der Waals surface area contributed by atoms with Gasteiger partial charge in [-0.1, -0.05) is 35.0 Å². The van der Waals surface area contributed by atoms with Gasteiger partial charge in [-0.2, -0.15) is 0 Å². The number of hydrogen-bond acceptors (Lipinski definition) is 5. The number of nitrogens with zero attached hydrogens (tertiary/aromatic N) is 1. The van der Waals surface area contributed by atoms with Crippen molar-refractivity contribution < 1.29 is 23.8 Å². The Kier molecular flexibility index (Phi) is 9.84. The van der Waals surface area contributed by atoms with Gasteiger partial charge in [0.05, 0.1) is 14.2 Å². The third-order valence-corrected chi connectivity index (χ3v) is 5.65. The molecule has 2 amide bonds. The van der Waals surface area contributed by atoms with Crippen molar-refractivity contribution in [2.24, 2.45) is 0 Å². The molecule has 1 N–H and O–H groups in total. The number of carbonyl (C=O) groups excluding carboxylic acids is 2. The number of ether oxygens (including phenoxy) is 3. The maximum absolute atomic E-state index is 13.1. The van der Waals surface area contributed by atoms with E-state index >= 15 is 0 Å². The van der Waals surface area contributed by atoms with E-state index < -0.39 is 6.04 Å². The second kappa shape index (κ2) is 12.3. The topological polar surface area (TPSA) is 77.1 Å². The molecule has 0 bridgehead atoms. The second-order valence-electron chi connectivity index (χ2n) is 7.48. The van der Waals surface area contributed by atoms with Crippen molar-refractivity contribution >= 4 is 27.7 Å². The molecule has 2 aromatic carbocycles. The molecule has 0 radical (unpaired) electrons. The standard InChI is InChI=1S/C24H31BrN2O5/c1-6-16(2)26-24(29)17(3)27(14-18-7-9-19(25)10-8-18)23(28)15-32-22-12-20(30-4)11-21(13-22)31-5/h7-13,16-17H,6,14-15H2,1-5H3,(H,26,29). The lowest BCUT2D eigenvalue weighted by Crippen LogP contribution is -2.50. The number of methoxy groups -OCH3 is 2. The van der Waals surface area contributed by atoms with Crippen molar-refractivity contribution in [3.8, 4) is 17.2 Å². The van der Waals surface area contributed by atoms with Crippen molar-refractivity contribution in [2.45, 2.75) is 45.8 Å². The van der Waals surface area contributed by atoms with E-state index in [0.717, 1.165) is 16.5 Å². The molecule has 0 aliphatic rings. The molecule has 0 aliphatic heterocycles. The molecule has 0 saturated heterocycles. The van der Waals surface area contributed by atoms with Gasteiger partial charge >= 0.3 is 0 Å². The maximum atomic E-state index is 13.1. The Balaban J connectivity index is 2.18. The summed E-state index contributed by atoms with van der Waals surface area (Å²) in [6, 6.07) is 12.1. The molecule has 2 atom stereocenters. The van der Waals surface area contributed by atoms with E-state index in [0.29, 0.717) is 17.2 Å². The lowest BCUT2D eigenvalue weighted by atomic mass is 10.1. The highest BCUT2D eigenvalue weighted by Crippen LogP contribution is 2.27. The first kappa shape index (κ1) is 25.5. The summed E-state index contributed by atoms with van der Waals surface area (Å²) in [5, 5.41) is 2.95. The van der Waals surface area contributed by atoms with E-state index in [1.807, 2.05) is 38.1 Å². The van der Waals surface area contributed by atoms with Crippen molar-refractivity contribution in [1.82, 2.24) is 10.2 Å².